The average Bonchev–Trinajstić information content (AvgIpc) is 2.55. The Hall–Kier alpha value is -0.810. The molecule has 0 radical (unpaired) electrons. The molecule has 2 fully saturated rings. The van der Waals surface area contributed by atoms with Crippen LogP contribution in [0.3, 0.4) is 0 Å². The summed E-state index contributed by atoms with van der Waals surface area (Å²) in [6.07, 6.45) is -1.57. The third-order valence-electron chi connectivity index (χ3n) is 2.37. The van der Waals surface area contributed by atoms with Gasteiger partial charge in [-0.05, 0) is 0 Å². The van der Waals surface area contributed by atoms with Crippen LogP contribution in [0.1, 0.15) is 0 Å². The lowest BCUT2D eigenvalue weighted by Crippen LogP contribution is -2.41. The van der Waals surface area contributed by atoms with Crippen molar-refractivity contribution in [1.82, 2.24) is 4.90 Å². The molecule has 2 heterocycles. The van der Waals surface area contributed by atoms with Gasteiger partial charge in [-0.15, -0.1) is 11.6 Å². The van der Waals surface area contributed by atoms with Crippen molar-refractivity contribution in [3.8, 4) is 0 Å². The number of ketones is 1. The molecule has 13 heavy (non-hydrogen) atoms. The second-order valence-electron chi connectivity index (χ2n) is 3.14. The summed E-state index contributed by atoms with van der Waals surface area (Å²) in [6, 6.07) is -0.681. The van der Waals surface area contributed by atoms with Crippen LogP contribution in [0.25, 0.3) is 0 Å². The van der Waals surface area contributed by atoms with Crippen LogP contribution in [0.4, 0.5) is 4.79 Å². The molecule has 1 N–H and O–H groups in total. The summed E-state index contributed by atoms with van der Waals surface area (Å²) in [4.78, 5) is 23.0. The number of alkyl halides is 1. The number of fused-ring (bicyclic) bond motifs is 1. The number of ether oxygens (including phenoxy) is 1. The van der Waals surface area contributed by atoms with E-state index in [-0.39, 0.29) is 18.9 Å². The fraction of sp³-hybridized carbons (Fsp3) is 0.714. The zero-order chi connectivity index (χ0) is 9.59. The third-order valence-corrected chi connectivity index (χ3v) is 2.75. The molecule has 0 unspecified atom stereocenters. The molecule has 2 saturated heterocycles. The molecule has 1 amide bonds. The maximum Gasteiger partial charge on any atom is 0.408 e. The average molecular weight is 206 g/mol. The second-order valence-corrected chi connectivity index (χ2v) is 3.70. The number of carboxylic acid groups (broad SMARTS) is 1. The van der Waals surface area contributed by atoms with E-state index >= 15 is 0 Å². The maximum absolute atomic E-state index is 11.2. The SMILES string of the molecule is O=C1CO[C@@H]2[C@H](Cl)CN(C(=O)O)[C@H]12. The second kappa shape index (κ2) is 2.85. The normalized spacial score (nSPS) is 38.1. The van der Waals surface area contributed by atoms with Gasteiger partial charge in [-0.25, -0.2) is 4.79 Å². The molecule has 0 saturated carbocycles. The van der Waals surface area contributed by atoms with Crippen molar-refractivity contribution in [1.29, 1.82) is 0 Å². The standard InChI is InChI=1S/C7H8ClNO4/c8-3-1-9(7(11)12)5-4(10)2-13-6(3)5/h3,5-6H,1-2H2,(H,11,12)/t3-,5-,6-/m1/s1. The largest absolute Gasteiger partial charge is 0.465 e. The summed E-state index contributed by atoms with van der Waals surface area (Å²) in [5.41, 5.74) is 0. The third kappa shape index (κ3) is 1.19. The zero-order valence-electron chi connectivity index (χ0n) is 6.64. The first kappa shape index (κ1) is 8.77. The van der Waals surface area contributed by atoms with Crippen molar-refractivity contribution in [3.63, 3.8) is 0 Å². The highest BCUT2D eigenvalue weighted by Gasteiger charge is 2.51. The van der Waals surface area contributed by atoms with Crippen LogP contribution >= 0.6 is 11.6 Å². The van der Waals surface area contributed by atoms with E-state index in [1.807, 2.05) is 0 Å². The monoisotopic (exact) mass is 205 g/mol. The maximum atomic E-state index is 11.2. The number of hydrogen-bond acceptors (Lipinski definition) is 3. The fourth-order valence-corrected chi connectivity index (χ4v) is 2.15. The van der Waals surface area contributed by atoms with Crippen LogP contribution in [-0.4, -0.2) is 52.6 Å². The predicted molar refractivity (Wildman–Crippen MR) is 42.9 cm³/mol. The van der Waals surface area contributed by atoms with Gasteiger partial charge in [-0.2, -0.15) is 0 Å². The Bertz CT molecular complexity index is 269. The smallest absolute Gasteiger partial charge is 0.408 e. The highest BCUT2D eigenvalue weighted by Crippen LogP contribution is 2.30. The number of Topliss-reactive ketones (excluding diaryl/α,β-unsaturated/α-hetero) is 1. The van der Waals surface area contributed by atoms with E-state index in [1.54, 1.807) is 0 Å². The summed E-state index contributed by atoms with van der Waals surface area (Å²) >= 11 is 5.84. The molecule has 72 valence electrons. The fourth-order valence-electron chi connectivity index (χ4n) is 1.79. The van der Waals surface area contributed by atoms with Crippen LogP contribution in [-0.2, 0) is 9.53 Å². The molecule has 6 heteroatoms. The van der Waals surface area contributed by atoms with E-state index in [4.69, 9.17) is 21.4 Å². The Balaban J connectivity index is 2.24. The number of likely N-dealkylation sites (tertiary alicyclic amines) is 1. The molecule has 3 atom stereocenters. The summed E-state index contributed by atoms with van der Waals surface area (Å²) in [6.45, 7) is 0.139. The minimum absolute atomic E-state index is 0.0255. The zero-order valence-corrected chi connectivity index (χ0v) is 7.40. The van der Waals surface area contributed by atoms with Gasteiger partial charge in [0.2, 0.25) is 0 Å². The number of amides is 1. The van der Waals surface area contributed by atoms with Gasteiger partial charge >= 0.3 is 6.09 Å². The van der Waals surface area contributed by atoms with Crippen LogP contribution in [0.5, 0.6) is 0 Å². The Kier molecular flexibility index (Phi) is 1.92. The minimum atomic E-state index is -1.11. The molecule has 2 aliphatic heterocycles. The van der Waals surface area contributed by atoms with E-state index in [0.717, 1.165) is 4.90 Å². The van der Waals surface area contributed by atoms with E-state index in [1.165, 1.54) is 0 Å². The van der Waals surface area contributed by atoms with E-state index in [9.17, 15) is 9.59 Å². The molecule has 0 aromatic carbocycles. The van der Waals surface area contributed by atoms with Crippen molar-refractivity contribution in [2.75, 3.05) is 13.2 Å². The van der Waals surface area contributed by atoms with Crippen molar-refractivity contribution >= 4 is 23.5 Å². The molecule has 5 nitrogen and oxygen atoms in total. The number of carbonyl (C=O) groups excluding carboxylic acids is 1. The van der Waals surface area contributed by atoms with Crippen LogP contribution in [0.2, 0.25) is 0 Å². The summed E-state index contributed by atoms with van der Waals surface area (Å²) < 4.78 is 5.10. The molecule has 0 aromatic heterocycles. The summed E-state index contributed by atoms with van der Waals surface area (Å²) in [5, 5.41) is 8.35. The van der Waals surface area contributed by atoms with Crippen LogP contribution in [0.15, 0.2) is 0 Å². The Morgan fingerprint density at radius 2 is 2.38 bits per heavy atom. The molecular weight excluding hydrogens is 198 g/mol. The van der Waals surface area contributed by atoms with Crippen molar-refractivity contribution < 1.29 is 19.4 Å². The molecule has 0 bridgehead atoms. The summed E-state index contributed by atoms with van der Waals surface area (Å²) in [7, 11) is 0. The van der Waals surface area contributed by atoms with Crippen molar-refractivity contribution in [2.24, 2.45) is 0 Å². The van der Waals surface area contributed by atoms with Gasteiger partial charge < -0.3 is 9.84 Å². The number of halogens is 1. The lowest BCUT2D eigenvalue weighted by atomic mass is 10.1. The van der Waals surface area contributed by atoms with E-state index in [2.05, 4.69) is 0 Å². The van der Waals surface area contributed by atoms with Gasteiger partial charge in [0.05, 0.1) is 5.38 Å². The van der Waals surface area contributed by atoms with Crippen LogP contribution < -0.4 is 0 Å². The number of nitrogens with zero attached hydrogens (tertiary/aromatic N) is 1. The first-order chi connectivity index (χ1) is 6.11. The minimum Gasteiger partial charge on any atom is -0.465 e. The van der Waals surface area contributed by atoms with Gasteiger partial charge in [0.25, 0.3) is 0 Å². The quantitative estimate of drug-likeness (QED) is 0.562. The Morgan fingerprint density at radius 1 is 1.69 bits per heavy atom. The van der Waals surface area contributed by atoms with Gasteiger partial charge in [0, 0.05) is 6.54 Å². The Morgan fingerprint density at radius 3 is 3.00 bits per heavy atom. The topological polar surface area (TPSA) is 66.8 Å². The van der Waals surface area contributed by atoms with Gasteiger partial charge in [0.15, 0.2) is 5.78 Å². The molecule has 0 spiro atoms. The predicted octanol–water partition coefficient (Wildman–Crippen LogP) is -0.0761. The molecule has 2 rings (SSSR count). The Labute approximate surface area is 79.2 Å². The van der Waals surface area contributed by atoms with Gasteiger partial charge in [-0.3, -0.25) is 9.69 Å². The first-order valence-electron chi connectivity index (χ1n) is 3.89. The molecule has 0 aliphatic carbocycles. The molecular formula is C7H8ClNO4. The van der Waals surface area contributed by atoms with Crippen LogP contribution in [0, 0.1) is 0 Å². The number of rotatable bonds is 0. The van der Waals surface area contributed by atoms with E-state index in [0.29, 0.717) is 0 Å². The lowest BCUT2D eigenvalue weighted by molar-refractivity contribution is -0.120. The number of carbonyl (C=O) groups is 2. The lowest BCUT2D eigenvalue weighted by Gasteiger charge is -2.16. The van der Waals surface area contributed by atoms with Crippen molar-refractivity contribution in [3.05, 3.63) is 0 Å². The number of hydrogen-bond donors (Lipinski definition) is 1. The first-order valence-corrected chi connectivity index (χ1v) is 4.33. The molecule has 0 aromatic rings. The van der Waals surface area contributed by atoms with Gasteiger partial charge in [0.1, 0.15) is 18.8 Å². The highest BCUT2D eigenvalue weighted by atomic mass is 35.5. The van der Waals surface area contributed by atoms with Gasteiger partial charge in [-0.1, -0.05) is 0 Å². The summed E-state index contributed by atoms with van der Waals surface area (Å²) in [5.74, 6) is -0.199. The highest BCUT2D eigenvalue weighted by molar-refractivity contribution is 6.22. The van der Waals surface area contributed by atoms with Crippen molar-refractivity contribution in [2.45, 2.75) is 17.5 Å². The van der Waals surface area contributed by atoms with E-state index < -0.39 is 23.6 Å². The molecule has 2 aliphatic rings.